The van der Waals surface area contributed by atoms with Crippen LogP contribution < -0.4 is 4.74 Å². The Morgan fingerprint density at radius 2 is 1.02 bits per heavy atom. The fourth-order valence-corrected chi connectivity index (χ4v) is 14.7. The van der Waals surface area contributed by atoms with E-state index in [0.717, 1.165) is 24.3 Å². The zero-order valence-electron chi connectivity index (χ0n) is 36.4. The molecule has 14 rings (SSSR count). The second-order valence-electron chi connectivity index (χ2n) is 20.4. The largest absolute Gasteiger partial charge is 0.457 e. The van der Waals surface area contributed by atoms with Gasteiger partial charge in [0.1, 0.15) is 11.5 Å². The van der Waals surface area contributed by atoms with Crippen molar-refractivity contribution in [2.45, 2.75) is 105 Å². The van der Waals surface area contributed by atoms with Crippen LogP contribution in [0.5, 0.6) is 11.5 Å². The van der Waals surface area contributed by atoms with Gasteiger partial charge < -0.3 is 9.47 Å². The Balaban J connectivity index is 0.821. The van der Waals surface area contributed by atoms with Crippen molar-refractivity contribution in [2.24, 2.45) is 11.8 Å². The monoisotopic (exact) mass is 833 g/mol. The first kappa shape index (κ1) is 37.6. The quantitative estimate of drug-likeness (QED) is 0.172. The fourth-order valence-electron chi connectivity index (χ4n) is 14.7. The molecule has 0 aromatic heterocycles. The van der Waals surface area contributed by atoms with Gasteiger partial charge in [0.2, 0.25) is 0 Å². The van der Waals surface area contributed by atoms with E-state index < -0.39 is 0 Å². The van der Waals surface area contributed by atoms with Gasteiger partial charge in [0, 0.05) is 35.2 Å². The standard InChI is InChI=1S/C61H55NO2/c1-5-13-37(14-6-1)43-22-26-48-55(33-43)63-57-35-45(39-17-9-3-10-18-39)31-51-49-29-41(21-25-47(49)59(48)60(51)57)42-23-27-53-50(30-42)52-32-46(40-19-11-4-12-20-40)36-58-61(52)62(53)54-28-24-44(34-56(54)64-58)38-15-7-2-8-16-38/h1-22,25-26,29,31,33,35,42,44,46,50,52-54,56,58-59,61H,23-24,27-28,30,32,34,36H2. The Hall–Kier alpha value is -5.74. The molecule has 3 aliphatic heterocycles. The molecule has 11 unspecified atom stereocenters. The van der Waals surface area contributed by atoms with Crippen LogP contribution in [0.15, 0.2) is 170 Å². The first-order valence-corrected chi connectivity index (χ1v) is 24.5. The summed E-state index contributed by atoms with van der Waals surface area (Å²) in [5.41, 5.74) is 16.2. The molecule has 7 aromatic carbocycles. The lowest BCUT2D eigenvalue weighted by Gasteiger charge is -2.55. The summed E-state index contributed by atoms with van der Waals surface area (Å²) in [6.45, 7) is 0. The van der Waals surface area contributed by atoms with Gasteiger partial charge in [0.15, 0.2) is 0 Å². The average molecular weight is 834 g/mol. The van der Waals surface area contributed by atoms with Gasteiger partial charge in [-0.3, -0.25) is 4.90 Å². The maximum absolute atomic E-state index is 7.46. The summed E-state index contributed by atoms with van der Waals surface area (Å²) in [4.78, 5) is 3.14. The number of ether oxygens (including phenoxy) is 2. The molecule has 3 saturated carbocycles. The number of morpholine rings is 1. The van der Waals surface area contributed by atoms with Gasteiger partial charge in [-0.05, 0) is 155 Å². The van der Waals surface area contributed by atoms with Crippen LogP contribution in [0.25, 0.3) is 33.4 Å². The molecule has 64 heavy (non-hydrogen) atoms. The van der Waals surface area contributed by atoms with E-state index >= 15 is 0 Å². The van der Waals surface area contributed by atoms with Crippen LogP contribution >= 0.6 is 0 Å². The third-order valence-electron chi connectivity index (χ3n) is 17.4. The summed E-state index contributed by atoms with van der Waals surface area (Å²) in [6.07, 6.45) is 10.6. The minimum Gasteiger partial charge on any atom is -0.457 e. The number of rotatable bonds is 5. The predicted octanol–water partition coefficient (Wildman–Crippen LogP) is 14.5. The molecule has 0 spiro atoms. The molecule has 4 aliphatic carbocycles. The highest BCUT2D eigenvalue weighted by atomic mass is 16.5. The lowest BCUT2D eigenvalue weighted by atomic mass is 9.65. The summed E-state index contributed by atoms with van der Waals surface area (Å²) in [5, 5.41) is 0. The second-order valence-corrected chi connectivity index (χ2v) is 20.4. The smallest absolute Gasteiger partial charge is 0.132 e. The predicted molar refractivity (Wildman–Crippen MR) is 257 cm³/mol. The maximum atomic E-state index is 7.46. The van der Waals surface area contributed by atoms with Crippen molar-refractivity contribution in [1.29, 1.82) is 0 Å². The summed E-state index contributed by atoms with van der Waals surface area (Å²) >= 11 is 0. The molecule has 7 aromatic rings. The molecular weight excluding hydrogens is 779 g/mol. The second kappa shape index (κ2) is 14.9. The number of benzene rings is 7. The molecule has 0 radical (unpaired) electrons. The summed E-state index contributed by atoms with van der Waals surface area (Å²) < 4.78 is 14.5. The van der Waals surface area contributed by atoms with Gasteiger partial charge in [0.05, 0.1) is 12.2 Å². The van der Waals surface area contributed by atoms with Crippen molar-refractivity contribution < 1.29 is 9.47 Å². The lowest BCUT2D eigenvalue weighted by Crippen LogP contribution is -2.64. The molecule has 2 saturated heterocycles. The Morgan fingerprint density at radius 3 is 1.77 bits per heavy atom. The van der Waals surface area contributed by atoms with Crippen molar-refractivity contribution in [1.82, 2.24) is 4.90 Å². The van der Waals surface area contributed by atoms with Crippen molar-refractivity contribution in [3.8, 4) is 44.9 Å². The minimum absolute atomic E-state index is 0.160. The van der Waals surface area contributed by atoms with Crippen LogP contribution in [0.4, 0.5) is 0 Å². The van der Waals surface area contributed by atoms with Crippen molar-refractivity contribution in [2.75, 3.05) is 0 Å². The van der Waals surface area contributed by atoms with Crippen LogP contribution in [0.3, 0.4) is 0 Å². The zero-order chi connectivity index (χ0) is 41.9. The highest BCUT2D eigenvalue weighted by molar-refractivity contribution is 5.89. The van der Waals surface area contributed by atoms with Crippen molar-refractivity contribution >= 4 is 0 Å². The molecule has 5 fully saturated rings. The number of hydrogen-bond donors (Lipinski definition) is 0. The normalized spacial score (nSPS) is 30.5. The Bertz CT molecular complexity index is 2880. The van der Waals surface area contributed by atoms with Gasteiger partial charge in [-0.2, -0.15) is 0 Å². The molecule has 3 heterocycles. The fraction of sp³-hybridized carbons (Fsp3) is 0.311. The van der Waals surface area contributed by atoms with Gasteiger partial charge in [-0.15, -0.1) is 0 Å². The van der Waals surface area contributed by atoms with E-state index in [-0.39, 0.29) is 5.92 Å². The van der Waals surface area contributed by atoms with E-state index in [4.69, 9.17) is 9.47 Å². The van der Waals surface area contributed by atoms with Crippen LogP contribution in [0, 0.1) is 11.8 Å². The number of hydrogen-bond acceptors (Lipinski definition) is 3. The van der Waals surface area contributed by atoms with Gasteiger partial charge >= 0.3 is 0 Å². The first-order valence-electron chi connectivity index (χ1n) is 24.5. The van der Waals surface area contributed by atoms with Gasteiger partial charge in [-0.25, -0.2) is 0 Å². The Morgan fingerprint density at radius 1 is 0.406 bits per heavy atom. The van der Waals surface area contributed by atoms with Crippen LogP contribution in [0.1, 0.15) is 108 Å². The van der Waals surface area contributed by atoms with Crippen LogP contribution in [-0.4, -0.2) is 35.2 Å². The van der Waals surface area contributed by atoms with Crippen molar-refractivity contribution in [3.63, 3.8) is 0 Å². The molecule has 3 heteroatoms. The molecule has 3 nitrogen and oxygen atoms in total. The van der Waals surface area contributed by atoms with Crippen LogP contribution in [0.2, 0.25) is 0 Å². The highest BCUT2D eigenvalue weighted by Crippen LogP contribution is 2.62. The topological polar surface area (TPSA) is 21.7 Å². The highest BCUT2D eigenvalue weighted by Gasteiger charge is 2.61. The van der Waals surface area contributed by atoms with Crippen molar-refractivity contribution in [3.05, 3.63) is 203 Å². The van der Waals surface area contributed by atoms with E-state index in [1.807, 2.05) is 0 Å². The molecule has 0 N–H and O–H groups in total. The van der Waals surface area contributed by atoms with E-state index in [0.29, 0.717) is 59.9 Å². The Kier molecular flexibility index (Phi) is 8.76. The SMILES string of the molecule is c1ccc(-c2ccc3c(c2)Oc2cc(-c4ccccc4)cc4c2C3c2ccc(C3CCC5C(C3)C3CC(c6ccccc6)CC6OC7CC(c8ccccc8)CCC7N5C63)cc2-4)cc1. The molecule has 316 valence electrons. The minimum atomic E-state index is 0.160. The van der Waals surface area contributed by atoms with Gasteiger partial charge in [0.25, 0.3) is 0 Å². The third-order valence-corrected chi connectivity index (χ3v) is 17.4. The molecule has 0 amide bonds. The average Bonchev–Trinajstić information content (AvgIpc) is 3.88. The zero-order valence-corrected chi connectivity index (χ0v) is 36.4. The maximum Gasteiger partial charge on any atom is 0.132 e. The van der Waals surface area contributed by atoms with E-state index in [9.17, 15) is 0 Å². The first-order chi connectivity index (χ1) is 31.7. The van der Waals surface area contributed by atoms with E-state index in [2.05, 4.69) is 175 Å². The summed E-state index contributed by atoms with van der Waals surface area (Å²) in [5.74, 6) is 5.20. The molecule has 11 atom stereocenters. The van der Waals surface area contributed by atoms with Crippen LogP contribution in [-0.2, 0) is 4.74 Å². The number of fused-ring (bicyclic) bond motifs is 10. The third kappa shape index (κ3) is 5.93. The Labute approximate surface area is 378 Å². The summed E-state index contributed by atoms with van der Waals surface area (Å²) in [7, 11) is 0. The van der Waals surface area contributed by atoms with E-state index in [1.165, 1.54) is 105 Å². The molecule has 0 bridgehead atoms. The molecule has 7 aliphatic rings. The number of nitrogens with zero attached hydrogens (tertiary/aromatic N) is 1. The van der Waals surface area contributed by atoms with E-state index in [1.54, 1.807) is 0 Å². The van der Waals surface area contributed by atoms with Gasteiger partial charge in [-0.1, -0.05) is 152 Å². The molecular formula is C61H55NO2. The lowest BCUT2D eigenvalue weighted by molar-refractivity contribution is -0.181. The summed E-state index contributed by atoms with van der Waals surface area (Å²) in [6, 6.07) is 65.4.